The number of benzene rings is 1. The third kappa shape index (κ3) is 1.83. The maximum atomic E-state index is 4.82. The van der Waals surface area contributed by atoms with Crippen LogP contribution in [0.3, 0.4) is 0 Å². The second-order valence-corrected chi connectivity index (χ2v) is 6.74. The van der Waals surface area contributed by atoms with E-state index in [1.165, 1.54) is 17.3 Å². The smallest absolute Gasteiger partial charge is 0.164 e. The Balaban J connectivity index is 1.63. The fourth-order valence-electron chi connectivity index (χ4n) is 3.82. The molecule has 2 nitrogen and oxygen atoms in total. The lowest BCUT2D eigenvalue weighted by Gasteiger charge is -2.41. The van der Waals surface area contributed by atoms with E-state index >= 15 is 0 Å². The number of amidine groups is 1. The molecule has 19 heavy (non-hydrogen) atoms. The molecule has 1 saturated heterocycles. The fourth-order valence-corrected chi connectivity index (χ4v) is 5.10. The Labute approximate surface area is 118 Å². The van der Waals surface area contributed by atoms with Gasteiger partial charge in [0.2, 0.25) is 0 Å². The van der Waals surface area contributed by atoms with Crippen LogP contribution in [0, 0.1) is 17.8 Å². The van der Waals surface area contributed by atoms with Crippen molar-refractivity contribution in [1.29, 1.82) is 0 Å². The van der Waals surface area contributed by atoms with Gasteiger partial charge in [-0.2, -0.15) is 0 Å². The molecule has 4 atom stereocenters. The molecule has 0 aromatic heterocycles. The standard InChI is InChI=1S/C16H18N2S/c1-18-15-12-8-7-11(9-12)14(15)10-19-16(18)17-13-5-3-2-4-6-13/h2-8,11-12,14-15H,9-10H2,1H3. The van der Waals surface area contributed by atoms with Gasteiger partial charge >= 0.3 is 0 Å². The summed E-state index contributed by atoms with van der Waals surface area (Å²) >= 11 is 1.92. The van der Waals surface area contributed by atoms with Gasteiger partial charge < -0.3 is 4.90 Å². The highest BCUT2D eigenvalue weighted by molar-refractivity contribution is 8.13. The van der Waals surface area contributed by atoms with Crippen LogP contribution >= 0.6 is 11.8 Å². The molecule has 1 aromatic rings. The quantitative estimate of drug-likeness (QED) is 0.725. The lowest BCUT2D eigenvalue weighted by Crippen LogP contribution is -2.47. The number of aliphatic imine (C=N–C) groups is 1. The number of hydrogen-bond acceptors (Lipinski definition) is 2. The molecule has 1 aliphatic heterocycles. The first-order valence-corrected chi connectivity index (χ1v) is 7.99. The first-order chi connectivity index (χ1) is 9.33. The predicted octanol–water partition coefficient (Wildman–Crippen LogP) is 3.54. The second kappa shape index (κ2) is 4.41. The van der Waals surface area contributed by atoms with Crippen LogP contribution < -0.4 is 0 Å². The Kier molecular flexibility index (Phi) is 2.69. The van der Waals surface area contributed by atoms with E-state index in [0.29, 0.717) is 6.04 Å². The number of nitrogens with zero attached hydrogens (tertiary/aromatic N) is 2. The Hall–Kier alpha value is -1.22. The van der Waals surface area contributed by atoms with Crippen LogP contribution in [0.2, 0.25) is 0 Å². The SMILES string of the molecule is CN1C(=Nc2ccccc2)SCC2C3C=CC(C3)C21. The fraction of sp³-hybridized carbons (Fsp3) is 0.438. The zero-order chi connectivity index (χ0) is 12.8. The molecule has 98 valence electrons. The van der Waals surface area contributed by atoms with Crippen molar-refractivity contribution >= 4 is 22.6 Å². The maximum Gasteiger partial charge on any atom is 0.164 e. The van der Waals surface area contributed by atoms with Gasteiger partial charge in [0.25, 0.3) is 0 Å². The highest BCUT2D eigenvalue weighted by Gasteiger charge is 2.49. The van der Waals surface area contributed by atoms with Crippen molar-refractivity contribution in [2.45, 2.75) is 12.5 Å². The molecular weight excluding hydrogens is 252 g/mol. The van der Waals surface area contributed by atoms with Crippen LogP contribution in [-0.4, -0.2) is 28.9 Å². The highest BCUT2D eigenvalue weighted by Crippen LogP contribution is 2.50. The molecule has 2 aliphatic carbocycles. The number of allylic oxidation sites excluding steroid dienone is 1. The van der Waals surface area contributed by atoms with Crippen LogP contribution in [0.5, 0.6) is 0 Å². The Morgan fingerprint density at radius 3 is 2.79 bits per heavy atom. The van der Waals surface area contributed by atoms with E-state index in [9.17, 15) is 0 Å². The van der Waals surface area contributed by atoms with Gasteiger partial charge in [-0.05, 0) is 36.3 Å². The molecule has 2 fully saturated rings. The first-order valence-electron chi connectivity index (χ1n) is 7.00. The molecule has 2 bridgehead atoms. The second-order valence-electron chi connectivity index (χ2n) is 5.75. The van der Waals surface area contributed by atoms with Gasteiger partial charge in [-0.3, -0.25) is 0 Å². The van der Waals surface area contributed by atoms with E-state index in [0.717, 1.165) is 23.4 Å². The minimum atomic E-state index is 0.679. The lowest BCUT2D eigenvalue weighted by atomic mass is 9.89. The molecule has 0 spiro atoms. The van der Waals surface area contributed by atoms with Crippen LogP contribution in [0.25, 0.3) is 0 Å². The summed E-state index contributed by atoms with van der Waals surface area (Å²) in [5.41, 5.74) is 1.06. The van der Waals surface area contributed by atoms with Crippen LogP contribution in [-0.2, 0) is 0 Å². The molecular formula is C16H18N2S. The molecule has 0 radical (unpaired) electrons. The zero-order valence-corrected chi connectivity index (χ0v) is 11.9. The van der Waals surface area contributed by atoms with E-state index in [-0.39, 0.29) is 0 Å². The van der Waals surface area contributed by atoms with Gasteiger partial charge in [0.15, 0.2) is 5.17 Å². The van der Waals surface area contributed by atoms with Crippen LogP contribution in [0.15, 0.2) is 47.5 Å². The predicted molar refractivity (Wildman–Crippen MR) is 81.8 cm³/mol. The largest absolute Gasteiger partial charge is 0.350 e. The highest BCUT2D eigenvalue weighted by atomic mass is 32.2. The summed E-state index contributed by atoms with van der Waals surface area (Å²) in [6, 6.07) is 11.0. The summed E-state index contributed by atoms with van der Waals surface area (Å²) in [6.45, 7) is 0. The average molecular weight is 270 g/mol. The average Bonchev–Trinajstić information content (AvgIpc) is 3.04. The Morgan fingerprint density at radius 1 is 1.16 bits per heavy atom. The van der Waals surface area contributed by atoms with Crippen molar-refractivity contribution in [1.82, 2.24) is 4.90 Å². The van der Waals surface area contributed by atoms with Crippen molar-refractivity contribution in [2.75, 3.05) is 12.8 Å². The summed E-state index contributed by atoms with van der Waals surface area (Å²) in [4.78, 5) is 7.26. The number of para-hydroxylation sites is 1. The van der Waals surface area contributed by atoms with E-state index in [1.807, 2.05) is 17.8 Å². The lowest BCUT2D eigenvalue weighted by molar-refractivity contribution is 0.256. The Bertz CT molecular complexity index is 537. The van der Waals surface area contributed by atoms with Crippen molar-refractivity contribution < 1.29 is 0 Å². The number of thioether (sulfide) groups is 1. The number of fused-ring (bicyclic) bond motifs is 5. The summed E-state index contributed by atoms with van der Waals surface area (Å²) in [6.07, 6.45) is 6.23. The summed E-state index contributed by atoms with van der Waals surface area (Å²) in [5.74, 6) is 3.64. The van der Waals surface area contributed by atoms with Gasteiger partial charge in [0, 0.05) is 18.8 Å². The van der Waals surface area contributed by atoms with E-state index in [2.05, 4.69) is 48.4 Å². The van der Waals surface area contributed by atoms with Crippen LogP contribution in [0.1, 0.15) is 6.42 Å². The maximum absolute atomic E-state index is 4.82. The molecule has 1 aromatic carbocycles. The van der Waals surface area contributed by atoms with Crippen molar-refractivity contribution in [3.05, 3.63) is 42.5 Å². The molecule has 1 heterocycles. The monoisotopic (exact) mass is 270 g/mol. The number of hydrogen-bond donors (Lipinski definition) is 0. The Morgan fingerprint density at radius 2 is 1.95 bits per heavy atom. The third-order valence-electron chi connectivity index (χ3n) is 4.71. The first kappa shape index (κ1) is 11.6. The molecule has 4 rings (SSSR count). The summed E-state index contributed by atoms with van der Waals surface area (Å²) in [5, 5.41) is 1.19. The number of rotatable bonds is 1. The topological polar surface area (TPSA) is 15.6 Å². The van der Waals surface area contributed by atoms with Gasteiger partial charge in [-0.25, -0.2) is 4.99 Å². The molecule has 0 amide bonds. The minimum Gasteiger partial charge on any atom is -0.350 e. The van der Waals surface area contributed by atoms with E-state index in [4.69, 9.17) is 4.99 Å². The van der Waals surface area contributed by atoms with Gasteiger partial charge in [0.05, 0.1) is 5.69 Å². The minimum absolute atomic E-state index is 0.679. The van der Waals surface area contributed by atoms with E-state index in [1.54, 1.807) is 0 Å². The van der Waals surface area contributed by atoms with Crippen molar-refractivity contribution in [3.8, 4) is 0 Å². The van der Waals surface area contributed by atoms with Gasteiger partial charge in [-0.1, -0.05) is 42.1 Å². The molecule has 4 unspecified atom stereocenters. The van der Waals surface area contributed by atoms with Gasteiger partial charge in [-0.15, -0.1) is 0 Å². The van der Waals surface area contributed by atoms with Crippen molar-refractivity contribution in [2.24, 2.45) is 22.7 Å². The molecule has 3 heteroatoms. The third-order valence-corrected chi connectivity index (χ3v) is 5.90. The summed E-state index contributed by atoms with van der Waals surface area (Å²) in [7, 11) is 2.22. The van der Waals surface area contributed by atoms with Crippen LogP contribution in [0.4, 0.5) is 5.69 Å². The van der Waals surface area contributed by atoms with E-state index < -0.39 is 0 Å². The zero-order valence-electron chi connectivity index (χ0n) is 11.1. The molecule has 3 aliphatic rings. The molecule has 1 saturated carbocycles. The normalized spacial score (nSPS) is 37.9. The summed E-state index contributed by atoms with van der Waals surface area (Å²) < 4.78 is 0. The molecule has 0 N–H and O–H groups in total. The van der Waals surface area contributed by atoms with Gasteiger partial charge in [0.1, 0.15) is 0 Å². The van der Waals surface area contributed by atoms with Crippen molar-refractivity contribution in [3.63, 3.8) is 0 Å².